The van der Waals surface area contributed by atoms with Gasteiger partial charge in [-0.2, -0.15) is 0 Å². The summed E-state index contributed by atoms with van der Waals surface area (Å²) in [5.74, 6) is -0.173. The van der Waals surface area contributed by atoms with Crippen LogP contribution in [0.15, 0.2) is 22.7 Å². The fraction of sp³-hybridized carbons (Fsp3) is 0.533. The molecule has 112 valence electrons. The van der Waals surface area contributed by atoms with Crippen LogP contribution in [0.2, 0.25) is 0 Å². The molecule has 5 heteroatoms. The van der Waals surface area contributed by atoms with Crippen molar-refractivity contribution in [2.45, 2.75) is 39.7 Å². The Morgan fingerprint density at radius 2 is 2.15 bits per heavy atom. The molecule has 1 aromatic rings. The third kappa shape index (κ3) is 4.80. The van der Waals surface area contributed by atoms with Crippen LogP contribution in [0.5, 0.6) is 5.75 Å². The van der Waals surface area contributed by atoms with Crippen molar-refractivity contribution >= 4 is 21.9 Å². The fourth-order valence-corrected chi connectivity index (χ4v) is 2.00. The fourth-order valence-electron chi connectivity index (χ4n) is 1.60. The summed E-state index contributed by atoms with van der Waals surface area (Å²) in [7, 11) is 0. The van der Waals surface area contributed by atoms with Crippen molar-refractivity contribution in [1.29, 1.82) is 0 Å². The minimum Gasteiger partial charge on any atom is -0.492 e. The van der Waals surface area contributed by atoms with Crippen molar-refractivity contribution in [3.63, 3.8) is 0 Å². The van der Waals surface area contributed by atoms with Crippen molar-refractivity contribution in [2.24, 2.45) is 11.1 Å². The summed E-state index contributed by atoms with van der Waals surface area (Å²) in [4.78, 5) is 11.1. The van der Waals surface area contributed by atoms with E-state index in [0.29, 0.717) is 12.2 Å². The zero-order chi connectivity index (χ0) is 15.3. The largest absolute Gasteiger partial charge is 0.492 e. The second kappa shape index (κ2) is 7.09. The highest BCUT2D eigenvalue weighted by molar-refractivity contribution is 9.10. The van der Waals surface area contributed by atoms with E-state index in [9.17, 15) is 4.79 Å². The molecule has 3 N–H and O–H groups in total. The van der Waals surface area contributed by atoms with Gasteiger partial charge in [-0.25, -0.2) is 0 Å². The molecule has 0 saturated heterocycles. The highest BCUT2D eigenvalue weighted by atomic mass is 79.9. The lowest BCUT2D eigenvalue weighted by molar-refractivity contribution is -0.148. The van der Waals surface area contributed by atoms with E-state index in [0.717, 1.165) is 16.5 Å². The summed E-state index contributed by atoms with van der Waals surface area (Å²) < 4.78 is 6.67. The lowest BCUT2D eigenvalue weighted by atomic mass is 9.95. The number of ether oxygens (including phenoxy) is 1. The highest BCUT2D eigenvalue weighted by Gasteiger charge is 2.28. The Bertz CT molecular complexity index is 474. The molecule has 0 aliphatic carbocycles. The lowest BCUT2D eigenvalue weighted by Gasteiger charge is -2.21. The van der Waals surface area contributed by atoms with Gasteiger partial charge < -0.3 is 15.6 Å². The van der Waals surface area contributed by atoms with E-state index in [1.54, 1.807) is 13.8 Å². The van der Waals surface area contributed by atoms with Crippen LogP contribution in [0.1, 0.15) is 32.8 Å². The van der Waals surface area contributed by atoms with Crippen LogP contribution in [0, 0.1) is 5.41 Å². The molecule has 0 heterocycles. The Morgan fingerprint density at radius 1 is 1.50 bits per heavy atom. The number of benzene rings is 1. The van der Waals surface area contributed by atoms with Crippen LogP contribution in [0.3, 0.4) is 0 Å². The number of nitrogens with two attached hydrogens (primary N) is 1. The minimum absolute atomic E-state index is 0.0686. The van der Waals surface area contributed by atoms with Crippen molar-refractivity contribution in [1.82, 2.24) is 0 Å². The summed E-state index contributed by atoms with van der Waals surface area (Å²) in [5, 5.41) is 9.11. The highest BCUT2D eigenvalue weighted by Crippen LogP contribution is 2.27. The van der Waals surface area contributed by atoms with Crippen LogP contribution in [-0.2, 0) is 11.2 Å². The van der Waals surface area contributed by atoms with E-state index >= 15 is 0 Å². The second-order valence-electron chi connectivity index (χ2n) is 5.60. The number of rotatable bonds is 7. The van der Waals surface area contributed by atoms with Crippen molar-refractivity contribution < 1.29 is 14.6 Å². The molecular formula is C15H22BrNO3. The number of aliphatic carboxylic acids is 1. The Morgan fingerprint density at radius 3 is 2.70 bits per heavy atom. The third-order valence-corrected chi connectivity index (χ3v) is 3.69. The Hall–Kier alpha value is -1.07. The molecule has 0 spiro atoms. The molecule has 0 bridgehead atoms. The van der Waals surface area contributed by atoms with E-state index in [1.165, 1.54) is 0 Å². The zero-order valence-electron chi connectivity index (χ0n) is 12.1. The Labute approximate surface area is 128 Å². The molecule has 1 aromatic carbocycles. The standard InChI is InChI=1S/C15H22BrNO3/c1-4-12(17)8-10-7-11(16)5-6-13(10)20-9-15(2,3)14(18)19/h5-7,12H,4,8-9,17H2,1-3H3,(H,18,19). The predicted molar refractivity (Wildman–Crippen MR) is 83.0 cm³/mol. The molecule has 0 fully saturated rings. The number of hydrogen-bond acceptors (Lipinski definition) is 3. The van der Waals surface area contributed by atoms with Gasteiger partial charge in [0.15, 0.2) is 0 Å². The first-order valence-electron chi connectivity index (χ1n) is 6.66. The van der Waals surface area contributed by atoms with Gasteiger partial charge in [0.2, 0.25) is 0 Å². The van der Waals surface area contributed by atoms with Gasteiger partial charge in [0.1, 0.15) is 12.4 Å². The van der Waals surface area contributed by atoms with Crippen LogP contribution in [0.4, 0.5) is 0 Å². The van der Waals surface area contributed by atoms with Crippen LogP contribution in [0.25, 0.3) is 0 Å². The van der Waals surface area contributed by atoms with E-state index in [2.05, 4.69) is 15.9 Å². The van der Waals surface area contributed by atoms with Gasteiger partial charge in [0.25, 0.3) is 0 Å². The normalized spacial score (nSPS) is 13.1. The molecule has 0 aliphatic heterocycles. The summed E-state index contributed by atoms with van der Waals surface area (Å²) in [6.45, 7) is 5.45. The maximum Gasteiger partial charge on any atom is 0.312 e. The van der Waals surface area contributed by atoms with Crippen molar-refractivity contribution in [2.75, 3.05) is 6.61 Å². The number of carboxylic acid groups (broad SMARTS) is 1. The molecule has 0 aliphatic rings. The average Bonchev–Trinajstić information content (AvgIpc) is 2.37. The quantitative estimate of drug-likeness (QED) is 0.797. The first-order valence-corrected chi connectivity index (χ1v) is 7.45. The lowest BCUT2D eigenvalue weighted by Crippen LogP contribution is -2.31. The molecule has 1 rings (SSSR count). The molecular weight excluding hydrogens is 322 g/mol. The third-order valence-electron chi connectivity index (χ3n) is 3.20. The summed E-state index contributed by atoms with van der Waals surface area (Å²) in [6, 6.07) is 5.77. The Balaban J connectivity index is 2.86. The van der Waals surface area contributed by atoms with Gasteiger partial charge >= 0.3 is 5.97 Å². The second-order valence-corrected chi connectivity index (χ2v) is 6.52. The van der Waals surface area contributed by atoms with Crippen LogP contribution >= 0.6 is 15.9 Å². The zero-order valence-corrected chi connectivity index (χ0v) is 13.7. The van der Waals surface area contributed by atoms with E-state index < -0.39 is 11.4 Å². The topological polar surface area (TPSA) is 72.5 Å². The maximum absolute atomic E-state index is 11.1. The van der Waals surface area contributed by atoms with E-state index in [1.807, 2.05) is 25.1 Å². The number of carbonyl (C=O) groups is 1. The molecule has 1 atom stereocenters. The molecule has 0 aromatic heterocycles. The van der Waals surface area contributed by atoms with Gasteiger partial charge in [-0.15, -0.1) is 0 Å². The molecule has 0 saturated carbocycles. The average molecular weight is 344 g/mol. The van der Waals surface area contributed by atoms with Gasteiger partial charge in [0.05, 0.1) is 5.41 Å². The van der Waals surface area contributed by atoms with Gasteiger partial charge in [-0.1, -0.05) is 22.9 Å². The first kappa shape index (κ1) is 17.0. The molecule has 0 radical (unpaired) electrons. The van der Waals surface area contributed by atoms with Crippen molar-refractivity contribution in [3.8, 4) is 5.75 Å². The van der Waals surface area contributed by atoms with Gasteiger partial charge in [-0.3, -0.25) is 4.79 Å². The molecule has 4 nitrogen and oxygen atoms in total. The summed E-state index contributed by atoms with van der Waals surface area (Å²) >= 11 is 3.43. The summed E-state index contributed by atoms with van der Waals surface area (Å²) in [5.41, 5.74) is 6.07. The van der Waals surface area contributed by atoms with Crippen molar-refractivity contribution in [3.05, 3.63) is 28.2 Å². The molecule has 1 unspecified atom stereocenters. The number of hydrogen-bond donors (Lipinski definition) is 2. The van der Waals surface area contributed by atoms with E-state index in [4.69, 9.17) is 15.6 Å². The smallest absolute Gasteiger partial charge is 0.312 e. The first-order chi connectivity index (χ1) is 9.26. The molecule has 20 heavy (non-hydrogen) atoms. The van der Waals surface area contributed by atoms with Gasteiger partial charge in [0, 0.05) is 10.5 Å². The van der Waals surface area contributed by atoms with Crippen LogP contribution < -0.4 is 10.5 Å². The SMILES string of the molecule is CCC(N)Cc1cc(Br)ccc1OCC(C)(C)C(=O)O. The maximum atomic E-state index is 11.1. The predicted octanol–water partition coefficient (Wildman–Crippen LogP) is 3.22. The minimum atomic E-state index is -0.919. The number of carboxylic acids is 1. The van der Waals surface area contributed by atoms with Crippen LogP contribution in [-0.4, -0.2) is 23.7 Å². The number of halogens is 1. The summed E-state index contributed by atoms with van der Waals surface area (Å²) in [6.07, 6.45) is 1.59. The molecule has 0 amide bonds. The van der Waals surface area contributed by atoms with E-state index in [-0.39, 0.29) is 12.6 Å². The Kier molecular flexibility index (Phi) is 6.02. The van der Waals surface area contributed by atoms with Gasteiger partial charge in [-0.05, 0) is 50.5 Å². The monoisotopic (exact) mass is 343 g/mol.